The van der Waals surface area contributed by atoms with Crippen LogP contribution in [0.5, 0.6) is 0 Å². The minimum atomic E-state index is 0.896. The van der Waals surface area contributed by atoms with E-state index in [1.165, 1.54) is 0 Å². The Morgan fingerprint density at radius 2 is 0.850 bits per heavy atom. The first kappa shape index (κ1) is 15.9. The summed E-state index contributed by atoms with van der Waals surface area (Å²) in [6, 6.07) is 11.7. The summed E-state index contributed by atoms with van der Waals surface area (Å²) in [7, 11) is 0. The molecule has 0 N–H and O–H groups in total. The largest absolute Gasteiger partial charge is 0.0599 e. The number of rotatable bonds is 0. The summed E-state index contributed by atoms with van der Waals surface area (Å²) >= 11 is 13.9. The van der Waals surface area contributed by atoms with Crippen LogP contribution in [0.2, 0.25) is 0 Å². The Bertz CT molecular complexity index is 663. The summed E-state index contributed by atoms with van der Waals surface area (Å²) in [6.07, 6.45) is 0. The van der Waals surface area contributed by atoms with Crippen LogP contribution in [0.25, 0.3) is 0 Å². The SMILES string of the molecule is Brc1cccc(Br)c1C#CC#Cc1c(Br)cccc1Br. The predicted molar refractivity (Wildman–Crippen MR) is 97.4 cm³/mol. The summed E-state index contributed by atoms with van der Waals surface area (Å²) < 4.78 is 3.79. The average molecular weight is 518 g/mol. The van der Waals surface area contributed by atoms with Crippen molar-refractivity contribution in [3.8, 4) is 23.7 Å². The average Bonchev–Trinajstić information content (AvgIpc) is 2.40. The monoisotopic (exact) mass is 514 g/mol. The van der Waals surface area contributed by atoms with Crippen molar-refractivity contribution in [1.82, 2.24) is 0 Å². The fraction of sp³-hybridized carbons (Fsp3) is 0. The third-order valence-corrected chi connectivity index (χ3v) is 5.01. The van der Waals surface area contributed by atoms with Crippen molar-refractivity contribution in [2.24, 2.45) is 0 Å². The van der Waals surface area contributed by atoms with Gasteiger partial charge in [-0.15, -0.1) is 0 Å². The van der Waals surface area contributed by atoms with Crippen LogP contribution in [0.3, 0.4) is 0 Å². The van der Waals surface area contributed by atoms with Crippen LogP contribution in [0.15, 0.2) is 54.3 Å². The molecule has 0 saturated carbocycles. The molecule has 0 radical (unpaired) electrons. The van der Waals surface area contributed by atoms with Gasteiger partial charge in [-0.05, 0) is 99.8 Å². The number of hydrogen-bond acceptors (Lipinski definition) is 0. The smallest absolute Gasteiger partial charge is 0.0539 e. The molecule has 2 aromatic carbocycles. The molecule has 98 valence electrons. The molecule has 0 aliphatic heterocycles. The molecule has 0 aliphatic rings. The molecular formula is C16H6Br4. The van der Waals surface area contributed by atoms with Crippen LogP contribution in [0, 0.1) is 23.7 Å². The molecule has 0 nitrogen and oxygen atoms in total. The van der Waals surface area contributed by atoms with E-state index in [4.69, 9.17) is 0 Å². The number of hydrogen-bond donors (Lipinski definition) is 0. The zero-order valence-electron chi connectivity index (χ0n) is 9.98. The topological polar surface area (TPSA) is 0 Å². The molecule has 20 heavy (non-hydrogen) atoms. The van der Waals surface area contributed by atoms with Crippen molar-refractivity contribution in [3.63, 3.8) is 0 Å². The Morgan fingerprint density at radius 3 is 1.15 bits per heavy atom. The van der Waals surface area contributed by atoms with E-state index in [0.717, 1.165) is 29.0 Å². The summed E-state index contributed by atoms with van der Waals surface area (Å²) in [5.74, 6) is 11.8. The van der Waals surface area contributed by atoms with Gasteiger partial charge in [0.25, 0.3) is 0 Å². The Labute approximate surface area is 151 Å². The fourth-order valence-corrected chi connectivity index (χ4v) is 3.82. The van der Waals surface area contributed by atoms with Crippen molar-refractivity contribution in [3.05, 3.63) is 65.4 Å². The molecule has 2 aromatic rings. The Morgan fingerprint density at radius 1 is 0.550 bits per heavy atom. The maximum absolute atomic E-state index is 3.47. The maximum Gasteiger partial charge on any atom is 0.0539 e. The van der Waals surface area contributed by atoms with Crippen molar-refractivity contribution < 1.29 is 0 Å². The van der Waals surface area contributed by atoms with E-state index in [0.29, 0.717) is 0 Å². The molecule has 0 unspecified atom stereocenters. The molecule has 0 aromatic heterocycles. The second-order valence-electron chi connectivity index (χ2n) is 3.69. The first-order chi connectivity index (χ1) is 9.59. The molecule has 0 amide bonds. The van der Waals surface area contributed by atoms with Gasteiger partial charge >= 0.3 is 0 Å². The van der Waals surface area contributed by atoms with Crippen LogP contribution < -0.4 is 0 Å². The molecule has 4 heteroatoms. The van der Waals surface area contributed by atoms with E-state index in [1.807, 2.05) is 36.4 Å². The fourth-order valence-electron chi connectivity index (χ4n) is 1.42. The van der Waals surface area contributed by atoms with Gasteiger partial charge in [0.05, 0.1) is 11.1 Å². The van der Waals surface area contributed by atoms with E-state index in [-0.39, 0.29) is 0 Å². The van der Waals surface area contributed by atoms with Gasteiger partial charge in [0, 0.05) is 17.9 Å². The lowest BCUT2D eigenvalue weighted by Gasteiger charge is -1.98. The van der Waals surface area contributed by atoms with E-state index < -0.39 is 0 Å². The van der Waals surface area contributed by atoms with Crippen LogP contribution in [-0.2, 0) is 0 Å². The highest BCUT2D eigenvalue weighted by atomic mass is 79.9. The van der Waals surface area contributed by atoms with Crippen molar-refractivity contribution in [1.29, 1.82) is 0 Å². The molecule has 0 fully saturated rings. The standard InChI is InChI=1S/C16H6Br4/c17-13-7-3-8-14(18)11(13)5-1-2-6-12-15(19)9-4-10-16(12)20/h3-4,7-10H. The minimum absolute atomic E-state index is 0.896. The van der Waals surface area contributed by atoms with Crippen molar-refractivity contribution >= 4 is 63.7 Å². The quantitative estimate of drug-likeness (QED) is 0.368. The van der Waals surface area contributed by atoms with Gasteiger partial charge in [-0.25, -0.2) is 0 Å². The minimum Gasteiger partial charge on any atom is -0.0599 e. The third-order valence-electron chi connectivity index (χ3n) is 2.36. The van der Waals surface area contributed by atoms with Gasteiger partial charge in [0.2, 0.25) is 0 Å². The molecule has 0 saturated heterocycles. The van der Waals surface area contributed by atoms with E-state index >= 15 is 0 Å². The van der Waals surface area contributed by atoms with Gasteiger partial charge in [-0.3, -0.25) is 0 Å². The van der Waals surface area contributed by atoms with Gasteiger partial charge in [0.15, 0.2) is 0 Å². The van der Waals surface area contributed by atoms with Gasteiger partial charge in [0.1, 0.15) is 0 Å². The Kier molecular flexibility index (Phi) is 5.93. The first-order valence-corrected chi connectivity index (χ1v) is 8.67. The number of benzene rings is 2. The lowest BCUT2D eigenvalue weighted by Crippen LogP contribution is -1.80. The Hall–Kier alpha value is -0.520. The van der Waals surface area contributed by atoms with Gasteiger partial charge in [-0.1, -0.05) is 24.0 Å². The second-order valence-corrected chi connectivity index (χ2v) is 7.11. The summed E-state index contributed by atoms with van der Waals surface area (Å²) in [5.41, 5.74) is 1.79. The molecular weight excluding hydrogens is 512 g/mol. The molecule has 0 aliphatic carbocycles. The zero-order chi connectivity index (χ0) is 14.5. The molecule has 0 atom stereocenters. The summed E-state index contributed by atoms with van der Waals surface area (Å²) in [6.45, 7) is 0. The van der Waals surface area contributed by atoms with Crippen LogP contribution >= 0.6 is 63.7 Å². The molecule has 0 spiro atoms. The molecule has 0 bridgehead atoms. The van der Waals surface area contributed by atoms with Crippen LogP contribution in [-0.4, -0.2) is 0 Å². The van der Waals surface area contributed by atoms with Crippen molar-refractivity contribution in [2.75, 3.05) is 0 Å². The summed E-state index contributed by atoms with van der Waals surface area (Å²) in [5, 5.41) is 0. The Balaban J connectivity index is 2.32. The highest BCUT2D eigenvalue weighted by Gasteiger charge is 2.01. The lowest BCUT2D eigenvalue weighted by molar-refractivity contribution is 1.54. The highest BCUT2D eigenvalue weighted by Crippen LogP contribution is 2.24. The normalized spacial score (nSPS) is 9.20. The zero-order valence-corrected chi connectivity index (χ0v) is 16.3. The van der Waals surface area contributed by atoms with E-state index in [9.17, 15) is 0 Å². The summed E-state index contributed by atoms with van der Waals surface area (Å²) in [4.78, 5) is 0. The van der Waals surface area contributed by atoms with Crippen LogP contribution in [0.1, 0.15) is 11.1 Å². The third kappa shape index (κ3) is 3.99. The van der Waals surface area contributed by atoms with Gasteiger partial charge < -0.3 is 0 Å². The highest BCUT2D eigenvalue weighted by molar-refractivity contribution is 9.11. The lowest BCUT2D eigenvalue weighted by atomic mass is 10.2. The number of halogens is 4. The van der Waals surface area contributed by atoms with Gasteiger partial charge in [-0.2, -0.15) is 0 Å². The molecule has 0 heterocycles. The van der Waals surface area contributed by atoms with E-state index in [2.05, 4.69) is 87.4 Å². The molecule has 2 rings (SSSR count). The second kappa shape index (κ2) is 7.48. The predicted octanol–water partition coefficient (Wildman–Crippen LogP) is 6.14. The van der Waals surface area contributed by atoms with Crippen molar-refractivity contribution in [2.45, 2.75) is 0 Å². The van der Waals surface area contributed by atoms with Crippen LogP contribution in [0.4, 0.5) is 0 Å². The van der Waals surface area contributed by atoms with E-state index in [1.54, 1.807) is 0 Å². The maximum atomic E-state index is 3.47. The first-order valence-electron chi connectivity index (χ1n) is 5.49.